The average molecular weight is 383 g/mol. The number of hydrogen-bond donors (Lipinski definition) is 3. The average Bonchev–Trinajstić information content (AvgIpc) is 3.04. The van der Waals surface area contributed by atoms with Gasteiger partial charge in [-0.05, 0) is 19.4 Å². The van der Waals surface area contributed by atoms with Crippen LogP contribution in [0, 0.1) is 0 Å². The molecule has 2 aromatic rings. The van der Waals surface area contributed by atoms with Gasteiger partial charge in [0.1, 0.15) is 23.5 Å². The lowest BCUT2D eigenvalue weighted by Gasteiger charge is -2.16. The molecule has 0 radical (unpaired) electrons. The maximum atomic E-state index is 12.6. The topological polar surface area (TPSA) is 83.2 Å². The van der Waals surface area contributed by atoms with Gasteiger partial charge in [0.2, 0.25) is 0 Å². The van der Waals surface area contributed by atoms with Crippen LogP contribution in [0.2, 0.25) is 0 Å². The number of carbonyl (C=O) groups is 2. The first kappa shape index (κ1) is 20.3. The zero-order chi connectivity index (χ0) is 20.2. The second-order valence-electron chi connectivity index (χ2n) is 5.91. The van der Waals surface area contributed by atoms with E-state index < -0.39 is 30.1 Å². The molecule has 9 heteroatoms. The minimum Gasteiger partial charge on any atom is -0.484 e. The quantitative estimate of drug-likeness (QED) is 0.716. The second-order valence-corrected chi connectivity index (χ2v) is 5.91. The van der Waals surface area contributed by atoms with Crippen molar-refractivity contribution in [1.82, 2.24) is 15.6 Å². The molecule has 2 rings (SSSR count). The summed E-state index contributed by atoms with van der Waals surface area (Å²) in [7, 11) is 1.39. The summed E-state index contributed by atoms with van der Waals surface area (Å²) < 4.78 is 43.7. The summed E-state index contributed by atoms with van der Waals surface area (Å²) in [4.78, 5) is 26.7. The van der Waals surface area contributed by atoms with Crippen LogP contribution in [0.15, 0.2) is 36.4 Å². The van der Waals surface area contributed by atoms with E-state index in [1.807, 2.05) is 35.6 Å². The lowest BCUT2D eigenvalue weighted by molar-refractivity contribution is -0.149. The molecule has 0 fully saturated rings. The van der Waals surface area contributed by atoms with Gasteiger partial charge >= 0.3 is 6.18 Å². The minimum atomic E-state index is -4.58. The number of halogens is 3. The van der Waals surface area contributed by atoms with Crippen molar-refractivity contribution in [2.45, 2.75) is 32.2 Å². The summed E-state index contributed by atoms with van der Waals surface area (Å²) in [6.45, 7) is 2.58. The third-order valence-corrected chi connectivity index (χ3v) is 3.89. The molecule has 27 heavy (non-hydrogen) atoms. The van der Waals surface area contributed by atoms with Gasteiger partial charge in [-0.3, -0.25) is 9.59 Å². The van der Waals surface area contributed by atoms with E-state index in [1.54, 1.807) is 6.92 Å². The van der Waals surface area contributed by atoms with E-state index in [0.29, 0.717) is 0 Å². The first-order valence-electron chi connectivity index (χ1n) is 8.17. The van der Waals surface area contributed by atoms with E-state index in [2.05, 4.69) is 10.3 Å². The molecule has 146 valence electrons. The largest absolute Gasteiger partial charge is 0.484 e. The Kier molecular flexibility index (Phi) is 6.14. The van der Waals surface area contributed by atoms with Gasteiger partial charge in [-0.15, -0.1) is 0 Å². The summed E-state index contributed by atoms with van der Waals surface area (Å²) in [5.41, 5.74) is 0.573. The summed E-state index contributed by atoms with van der Waals surface area (Å²) in [5.74, 6) is -1.49. The van der Waals surface area contributed by atoms with Crippen molar-refractivity contribution >= 4 is 11.8 Å². The predicted molar refractivity (Wildman–Crippen MR) is 92.7 cm³/mol. The summed E-state index contributed by atoms with van der Waals surface area (Å²) in [5, 5.41) is 4.23. The fourth-order valence-corrected chi connectivity index (χ4v) is 2.28. The Morgan fingerprint density at radius 2 is 1.74 bits per heavy atom. The van der Waals surface area contributed by atoms with Gasteiger partial charge in [0.05, 0.1) is 0 Å². The molecule has 2 atom stereocenters. The van der Waals surface area contributed by atoms with Crippen LogP contribution in [0.25, 0.3) is 0 Å². The maximum absolute atomic E-state index is 12.6. The Hall–Kier alpha value is -2.97. The lowest BCUT2D eigenvalue weighted by Crippen LogP contribution is -2.43. The third-order valence-electron chi connectivity index (χ3n) is 3.89. The van der Waals surface area contributed by atoms with E-state index in [9.17, 15) is 22.8 Å². The van der Waals surface area contributed by atoms with Gasteiger partial charge in [-0.1, -0.05) is 30.3 Å². The Labute approximate surface area is 154 Å². The molecule has 1 unspecified atom stereocenters. The molecule has 0 spiro atoms. The van der Waals surface area contributed by atoms with Crippen molar-refractivity contribution in [1.29, 1.82) is 0 Å². The number of rotatable bonds is 6. The highest BCUT2D eigenvalue weighted by Gasteiger charge is 2.37. The smallest absolute Gasteiger partial charge is 0.408 e. The number of aromatic nitrogens is 1. The Balaban J connectivity index is 2.26. The molecule has 2 amide bonds. The van der Waals surface area contributed by atoms with Crippen molar-refractivity contribution in [3.8, 4) is 5.75 Å². The number of amides is 2. The zero-order valence-corrected chi connectivity index (χ0v) is 15.0. The second kappa shape index (κ2) is 8.15. The molecule has 0 aliphatic heterocycles. The molecule has 1 aromatic heterocycles. The van der Waals surface area contributed by atoms with Gasteiger partial charge in [-0.2, -0.15) is 13.2 Å². The first-order chi connectivity index (χ1) is 12.6. The van der Waals surface area contributed by atoms with Crippen LogP contribution in [0.3, 0.4) is 0 Å². The standard InChI is InChI=1S/C18H20F3N3O3/c1-10(12-7-5-4-6-8-12)27-14-9-13(24-15(14)17(26)22-3)16(25)23-11(2)18(19,20)21/h4-11,24H,1-3H3,(H,22,26)(H,23,25)/t10?,11-/m0/s1. The zero-order valence-electron chi connectivity index (χ0n) is 15.0. The SMILES string of the molecule is CNC(=O)c1[nH]c(C(=O)N[C@@H](C)C(F)(F)F)cc1OC(C)c1ccccc1. The highest BCUT2D eigenvalue weighted by molar-refractivity contribution is 5.99. The Bertz CT molecular complexity index is 803. The number of benzene rings is 1. The van der Waals surface area contributed by atoms with E-state index >= 15 is 0 Å². The highest BCUT2D eigenvalue weighted by atomic mass is 19.4. The molecular weight excluding hydrogens is 363 g/mol. The van der Waals surface area contributed by atoms with Crippen LogP contribution in [0.5, 0.6) is 5.75 Å². The molecule has 0 aliphatic rings. The molecular formula is C18H20F3N3O3. The number of aromatic amines is 1. The highest BCUT2D eigenvalue weighted by Crippen LogP contribution is 2.27. The number of hydrogen-bond acceptors (Lipinski definition) is 3. The summed E-state index contributed by atoms with van der Waals surface area (Å²) in [6, 6.07) is 8.32. The predicted octanol–water partition coefficient (Wildman–Crippen LogP) is 3.19. The van der Waals surface area contributed by atoms with Gasteiger partial charge in [0.15, 0.2) is 5.75 Å². The number of ether oxygens (including phenoxy) is 1. The van der Waals surface area contributed by atoms with Gasteiger partial charge in [-0.25, -0.2) is 0 Å². The summed E-state index contributed by atoms with van der Waals surface area (Å²) in [6.07, 6.45) is -5.03. The number of carbonyl (C=O) groups excluding carboxylic acids is 2. The van der Waals surface area contributed by atoms with Gasteiger partial charge in [0.25, 0.3) is 11.8 Å². The monoisotopic (exact) mass is 383 g/mol. The Morgan fingerprint density at radius 1 is 1.11 bits per heavy atom. The van der Waals surface area contributed by atoms with E-state index in [1.165, 1.54) is 13.1 Å². The van der Waals surface area contributed by atoms with Crippen LogP contribution in [-0.2, 0) is 0 Å². The van der Waals surface area contributed by atoms with Crippen LogP contribution >= 0.6 is 0 Å². The van der Waals surface area contributed by atoms with E-state index in [0.717, 1.165) is 12.5 Å². The molecule has 0 bridgehead atoms. The van der Waals surface area contributed by atoms with Gasteiger partial charge < -0.3 is 20.4 Å². The number of H-pyrrole nitrogens is 1. The van der Waals surface area contributed by atoms with Crippen molar-refractivity contribution in [3.05, 3.63) is 53.3 Å². The van der Waals surface area contributed by atoms with E-state index in [-0.39, 0.29) is 17.1 Å². The van der Waals surface area contributed by atoms with Crippen molar-refractivity contribution in [2.24, 2.45) is 0 Å². The van der Waals surface area contributed by atoms with Crippen molar-refractivity contribution in [3.63, 3.8) is 0 Å². The lowest BCUT2D eigenvalue weighted by atomic mass is 10.1. The van der Waals surface area contributed by atoms with Crippen molar-refractivity contribution in [2.75, 3.05) is 7.05 Å². The molecule has 0 saturated heterocycles. The molecule has 3 N–H and O–H groups in total. The minimum absolute atomic E-state index is 0.0508. The third kappa shape index (κ3) is 5.02. The van der Waals surface area contributed by atoms with Crippen molar-refractivity contribution < 1.29 is 27.5 Å². The van der Waals surface area contributed by atoms with Crippen LogP contribution in [-0.4, -0.2) is 36.1 Å². The molecule has 0 aliphatic carbocycles. The first-order valence-corrected chi connectivity index (χ1v) is 8.17. The van der Waals surface area contributed by atoms with Gasteiger partial charge in [0, 0.05) is 13.1 Å². The van der Waals surface area contributed by atoms with Crippen LogP contribution in [0.1, 0.15) is 46.5 Å². The fourth-order valence-electron chi connectivity index (χ4n) is 2.28. The number of alkyl halides is 3. The normalized spacial score (nSPS) is 13.6. The molecule has 0 saturated carbocycles. The Morgan fingerprint density at radius 3 is 2.30 bits per heavy atom. The maximum Gasteiger partial charge on any atom is 0.408 e. The molecule has 1 heterocycles. The van der Waals surface area contributed by atoms with E-state index in [4.69, 9.17) is 4.74 Å². The van der Waals surface area contributed by atoms with Crippen LogP contribution in [0.4, 0.5) is 13.2 Å². The fraction of sp³-hybridized carbons (Fsp3) is 0.333. The molecule has 6 nitrogen and oxygen atoms in total. The number of nitrogens with one attached hydrogen (secondary N) is 3. The molecule has 1 aromatic carbocycles. The summed E-state index contributed by atoms with van der Waals surface area (Å²) >= 11 is 0. The van der Waals surface area contributed by atoms with Crippen LogP contribution < -0.4 is 15.4 Å².